The van der Waals surface area contributed by atoms with Gasteiger partial charge in [-0.25, -0.2) is 0 Å². The molecular weight excluding hydrogens is 877 g/mol. The first-order valence-corrected chi connectivity index (χ1v) is 29.7. The minimum Gasteiger partial charge on any atom is -0.462 e. The van der Waals surface area contributed by atoms with Gasteiger partial charge in [0.15, 0.2) is 6.10 Å². The fourth-order valence-electron chi connectivity index (χ4n) is 8.08. The molecule has 0 fully saturated rings. The van der Waals surface area contributed by atoms with Crippen LogP contribution in [0.1, 0.15) is 278 Å². The molecule has 0 saturated heterocycles. The van der Waals surface area contributed by atoms with Crippen molar-refractivity contribution in [2.24, 2.45) is 0 Å². The highest BCUT2D eigenvalue weighted by Crippen LogP contribution is 2.15. The van der Waals surface area contributed by atoms with E-state index < -0.39 is 6.10 Å². The third-order valence-electron chi connectivity index (χ3n) is 12.5. The number of carbonyl (C=O) groups is 3. The topological polar surface area (TPSA) is 78.9 Å². The van der Waals surface area contributed by atoms with E-state index in [0.29, 0.717) is 19.3 Å². The zero-order valence-electron chi connectivity index (χ0n) is 46.5. The van der Waals surface area contributed by atoms with Gasteiger partial charge in [-0.15, -0.1) is 0 Å². The third kappa shape index (κ3) is 57.1. The summed E-state index contributed by atoms with van der Waals surface area (Å²) < 4.78 is 16.9. The predicted molar refractivity (Wildman–Crippen MR) is 307 cm³/mol. The Kier molecular flexibility index (Phi) is 55.9. The molecule has 0 spiro atoms. The van der Waals surface area contributed by atoms with Crippen LogP contribution in [0.4, 0.5) is 0 Å². The molecular formula is C65H110O6. The van der Waals surface area contributed by atoms with Crippen LogP contribution in [-0.2, 0) is 28.6 Å². The minimum absolute atomic E-state index is 0.0975. The molecule has 0 saturated carbocycles. The maximum Gasteiger partial charge on any atom is 0.306 e. The lowest BCUT2D eigenvalue weighted by Gasteiger charge is -2.18. The fraction of sp³-hybridized carbons (Fsp3) is 0.708. The molecule has 406 valence electrons. The van der Waals surface area contributed by atoms with Crippen molar-refractivity contribution in [3.8, 4) is 0 Å². The van der Waals surface area contributed by atoms with Gasteiger partial charge < -0.3 is 14.2 Å². The lowest BCUT2D eigenvalue weighted by molar-refractivity contribution is -0.167. The van der Waals surface area contributed by atoms with Crippen LogP contribution in [0.5, 0.6) is 0 Å². The van der Waals surface area contributed by atoms with Gasteiger partial charge in [0, 0.05) is 19.3 Å². The van der Waals surface area contributed by atoms with Crippen LogP contribution in [0, 0.1) is 0 Å². The molecule has 0 aliphatic rings. The predicted octanol–water partition coefficient (Wildman–Crippen LogP) is 20.1. The Labute approximate surface area is 438 Å². The Morgan fingerprint density at radius 1 is 0.296 bits per heavy atom. The Morgan fingerprint density at radius 2 is 0.549 bits per heavy atom. The molecule has 0 radical (unpaired) electrons. The van der Waals surface area contributed by atoms with Gasteiger partial charge in [-0.2, -0.15) is 0 Å². The first-order chi connectivity index (χ1) is 35.0. The van der Waals surface area contributed by atoms with Gasteiger partial charge in [-0.3, -0.25) is 14.4 Å². The second-order valence-corrected chi connectivity index (χ2v) is 19.5. The Hall–Kier alpha value is -3.67. The van der Waals surface area contributed by atoms with E-state index in [1.165, 1.54) is 116 Å². The molecule has 0 aromatic heterocycles. The normalized spacial score (nSPS) is 12.8. The fourth-order valence-corrected chi connectivity index (χ4v) is 8.08. The second-order valence-electron chi connectivity index (χ2n) is 19.5. The molecule has 6 heteroatoms. The monoisotopic (exact) mass is 987 g/mol. The van der Waals surface area contributed by atoms with Crippen LogP contribution in [0.3, 0.4) is 0 Å². The van der Waals surface area contributed by atoms with E-state index in [-0.39, 0.29) is 31.1 Å². The molecule has 0 aromatic carbocycles. The summed E-state index contributed by atoms with van der Waals surface area (Å²) in [5.41, 5.74) is 0. The summed E-state index contributed by atoms with van der Waals surface area (Å²) in [6, 6.07) is 0. The molecule has 0 aliphatic carbocycles. The van der Waals surface area contributed by atoms with Crippen molar-refractivity contribution in [1.29, 1.82) is 0 Å². The lowest BCUT2D eigenvalue weighted by Crippen LogP contribution is -2.30. The van der Waals surface area contributed by atoms with E-state index in [1.807, 2.05) is 0 Å². The van der Waals surface area contributed by atoms with Gasteiger partial charge in [0.25, 0.3) is 0 Å². The SMILES string of the molecule is CC/C=C\C/C=C\C/C=C\C/C=C\C/C=C\CCCCCC(=O)OC[C@@H](COC(=O)CCCCCCC/C=C\C/C=C\CCCCC)OC(=O)CCCCCCCCC/C=C\CCCCCCCCCC. The van der Waals surface area contributed by atoms with Crippen molar-refractivity contribution < 1.29 is 28.6 Å². The van der Waals surface area contributed by atoms with Crippen molar-refractivity contribution in [2.45, 2.75) is 284 Å². The van der Waals surface area contributed by atoms with Gasteiger partial charge in [0.1, 0.15) is 13.2 Å². The number of rotatable bonds is 53. The molecule has 6 nitrogen and oxygen atoms in total. The first kappa shape index (κ1) is 67.3. The molecule has 1 atom stereocenters. The number of esters is 3. The number of allylic oxidation sites excluding steroid dienone is 16. The summed E-state index contributed by atoms with van der Waals surface area (Å²) >= 11 is 0. The molecule has 0 rings (SSSR count). The summed E-state index contributed by atoms with van der Waals surface area (Å²) in [6.45, 7) is 6.47. The van der Waals surface area contributed by atoms with E-state index in [1.54, 1.807) is 0 Å². The Morgan fingerprint density at radius 3 is 0.915 bits per heavy atom. The molecule has 0 heterocycles. The number of unbranched alkanes of at least 4 members (excludes halogenated alkanes) is 26. The van der Waals surface area contributed by atoms with Crippen LogP contribution < -0.4 is 0 Å². The van der Waals surface area contributed by atoms with E-state index in [4.69, 9.17) is 14.2 Å². The number of hydrogen-bond donors (Lipinski definition) is 0. The maximum atomic E-state index is 12.9. The van der Waals surface area contributed by atoms with E-state index in [0.717, 1.165) is 122 Å². The summed E-state index contributed by atoms with van der Waals surface area (Å²) in [6.07, 6.45) is 78.2. The van der Waals surface area contributed by atoms with Gasteiger partial charge in [-0.1, -0.05) is 234 Å². The Bertz CT molecular complexity index is 1410. The van der Waals surface area contributed by atoms with E-state index in [9.17, 15) is 14.4 Å². The second kappa shape index (κ2) is 58.9. The minimum atomic E-state index is -0.801. The van der Waals surface area contributed by atoms with Crippen molar-refractivity contribution in [3.05, 3.63) is 97.2 Å². The number of hydrogen-bond acceptors (Lipinski definition) is 6. The van der Waals surface area contributed by atoms with Crippen LogP contribution in [-0.4, -0.2) is 37.2 Å². The van der Waals surface area contributed by atoms with Crippen LogP contribution in [0.2, 0.25) is 0 Å². The first-order valence-electron chi connectivity index (χ1n) is 29.7. The third-order valence-corrected chi connectivity index (χ3v) is 12.5. The summed E-state index contributed by atoms with van der Waals surface area (Å²) in [4.78, 5) is 38.2. The van der Waals surface area contributed by atoms with Crippen LogP contribution in [0.15, 0.2) is 97.2 Å². The summed E-state index contributed by atoms with van der Waals surface area (Å²) in [7, 11) is 0. The van der Waals surface area contributed by atoms with Crippen LogP contribution >= 0.6 is 0 Å². The van der Waals surface area contributed by atoms with E-state index >= 15 is 0 Å². The molecule has 0 amide bonds. The molecule has 0 aromatic rings. The summed E-state index contributed by atoms with van der Waals surface area (Å²) in [5.74, 6) is -0.942. The highest BCUT2D eigenvalue weighted by Gasteiger charge is 2.19. The van der Waals surface area contributed by atoms with Gasteiger partial charge in [0.05, 0.1) is 0 Å². The average Bonchev–Trinajstić information content (AvgIpc) is 3.37. The lowest BCUT2D eigenvalue weighted by atomic mass is 10.1. The van der Waals surface area contributed by atoms with Crippen molar-refractivity contribution >= 4 is 17.9 Å². The molecule has 0 unspecified atom stereocenters. The smallest absolute Gasteiger partial charge is 0.306 e. The highest BCUT2D eigenvalue weighted by molar-refractivity contribution is 5.71. The molecule has 0 bridgehead atoms. The van der Waals surface area contributed by atoms with Crippen molar-refractivity contribution in [2.75, 3.05) is 13.2 Å². The average molecular weight is 988 g/mol. The van der Waals surface area contributed by atoms with E-state index in [2.05, 4.69) is 118 Å². The van der Waals surface area contributed by atoms with Crippen molar-refractivity contribution in [3.63, 3.8) is 0 Å². The molecule has 71 heavy (non-hydrogen) atoms. The molecule has 0 N–H and O–H groups in total. The zero-order chi connectivity index (χ0) is 51.4. The largest absolute Gasteiger partial charge is 0.462 e. The molecule has 0 aliphatic heterocycles. The van der Waals surface area contributed by atoms with Crippen LogP contribution in [0.25, 0.3) is 0 Å². The number of ether oxygens (including phenoxy) is 3. The van der Waals surface area contributed by atoms with Gasteiger partial charge in [-0.05, 0) is 122 Å². The maximum absolute atomic E-state index is 12.9. The summed E-state index contributed by atoms with van der Waals surface area (Å²) in [5, 5.41) is 0. The zero-order valence-corrected chi connectivity index (χ0v) is 46.5. The highest BCUT2D eigenvalue weighted by atomic mass is 16.6. The quantitative estimate of drug-likeness (QED) is 0.0261. The van der Waals surface area contributed by atoms with Gasteiger partial charge in [0.2, 0.25) is 0 Å². The van der Waals surface area contributed by atoms with Gasteiger partial charge >= 0.3 is 17.9 Å². The Balaban J connectivity index is 4.47. The standard InChI is InChI=1S/C65H110O6/c1-4-7-10-13-16-19-22-25-28-30-32-34-37-40-43-46-49-52-55-58-64(67)70-61-62(60-69-63(66)57-54-51-48-45-42-39-36-27-24-21-18-15-12-9-6-3)71-65(68)59-56-53-50-47-44-41-38-35-33-31-29-26-23-20-17-14-11-8-5-2/h7,10,16,18-19,21,25,27-28,31-34,36,40,43,62H,4-6,8-9,11-15,17,20,22-24,26,29-30,35,37-39,41-42,44-61H2,1-3H3/b10-7-,19-16-,21-18-,28-25-,33-31-,34-32-,36-27-,43-40-/t62-/m1/s1. The van der Waals surface area contributed by atoms with Crippen molar-refractivity contribution in [1.82, 2.24) is 0 Å². The number of carbonyl (C=O) groups excluding carboxylic acids is 3.